The quantitative estimate of drug-likeness (QED) is 0.599. The number of benzene rings is 1. The van der Waals surface area contributed by atoms with Crippen LogP contribution in [0.5, 0.6) is 11.5 Å². The molecule has 0 fully saturated rings. The number of methoxy groups -OCH3 is 2. The monoisotopic (exact) mass is 327 g/mol. The molecule has 2 aromatic rings. The van der Waals surface area contributed by atoms with Crippen molar-refractivity contribution in [2.75, 3.05) is 19.5 Å². The maximum Gasteiger partial charge on any atom is 0.263 e. The molecule has 0 spiro atoms. The molecule has 0 bridgehead atoms. The van der Waals surface area contributed by atoms with E-state index in [-0.39, 0.29) is 12.1 Å². The average Bonchev–Trinajstić information content (AvgIpc) is 3.14. The Morgan fingerprint density at radius 1 is 1.33 bits per heavy atom. The van der Waals surface area contributed by atoms with E-state index in [0.717, 1.165) is 0 Å². The van der Waals surface area contributed by atoms with E-state index in [2.05, 4.69) is 10.6 Å². The minimum Gasteiger partial charge on any atom is -0.497 e. The summed E-state index contributed by atoms with van der Waals surface area (Å²) in [6, 6.07) is 10.5. The summed E-state index contributed by atoms with van der Waals surface area (Å²) in [5, 5.41) is 14.6. The fourth-order valence-corrected chi connectivity index (χ4v) is 1.89. The van der Waals surface area contributed by atoms with Crippen molar-refractivity contribution in [3.05, 3.63) is 54.1 Å². The van der Waals surface area contributed by atoms with Gasteiger partial charge in [0.1, 0.15) is 28.9 Å². The van der Waals surface area contributed by atoms with Crippen LogP contribution in [-0.2, 0) is 11.3 Å². The Balaban J connectivity index is 2.05. The molecule has 124 valence electrons. The SMILES string of the molecule is COc1ccc(N/C=C(/C#N)C(=O)NCc2ccco2)c(OC)c1. The van der Waals surface area contributed by atoms with Crippen LogP contribution in [-0.4, -0.2) is 20.1 Å². The van der Waals surface area contributed by atoms with Crippen LogP contribution in [0.3, 0.4) is 0 Å². The molecule has 0 saturated carbocycles. The summed E-state index contributed by atoms with van der Waals surface area (Å²) in [4.78, 5) is 12.0. The largest absolute Gasteiger partial charge is 0.497 e. The molecule has 2 rings (SSSR count). The van der Waals surface area contributed by atoms with E-state index in [1.807, 2.05) is 6.07 Å². The van der Waals surface area contributed by atoms with E-state index < -0.39 is 5.91 Å². The number of carbonyl (C=O) groups excluding carboxylic acids is 1. The number of anilines is 1. The number of amides is 1. The lowest BCUT2D eigenvalue weighted by atomic mass is 10.2. The molecule has 0 aliphatic heterocycles. The molecule has 1 heterocycles. The van der Waals surface area contributed by atoms with E-state index in [1.54, 1.807) is 37.4 Å². The summed E-state index contributed by atoms with van der Waals surface area (Å²) in [6.07, 6.45) is 2.84. The number of carbonyl (C=O) groups is 1. The highest BCUT2D eigenvalue weighted by molar-refractivity contribution is 5.97. The van der Waals surface area contributed by atoms with Gasteiger partial charge in [0.25, 0.3) is 5.91 Å². The van der Waals surface area contributed by atoms with Crippen LogP contribution in [0.2, 0.25) is 0 Å². The molecule has 0 saturated heterocycles. The Morgan fingerprint density at radius 3 is 2.79 bits per heavy atom. The lowest BCUT2D eigenvalue weighted by Crippen LogP contribution is -2.24. The molecule has 0 unspecified atom stereocenters. The fraction of sp³-hybridized carbons (Fsp3) is 0.176. The zero-order chi connectivity index (χ0) is 17.4. The molecular weight excluding hydrogens is 310 g/mol. The predicted octanol–water partition coefficient (Wildman–Crippen LogP) is 2.43. The number of hydrogen-bond donors (Lipinski definition) is 2. The highest BCUT2D eigenvalue weighted by Crippen LogP contribution is 2.29. The van der Waals surface area contributed by atoms with E-state index in [0.29, 0.717) is 22.9 Å². The third-order valence-corrected chi connectivity index (χ3v) is 3.15. The van der Waals surface area contributed by atoms with Gasteiger partial charge in [-0.25, -0.2) is 0 Å². The lowest BCUT2D eigenvalue weighted by Gasteiger charge is -2.10. The molecule has 1 amide bonds. The van der Waals surface area contributed by atoms with Gasteiger partial charge in [0.15, 0.2) is 0 Å². The highest BCUT2D eigenvalue weighted by Gasteiger charge is 2.10. The first-order valence-electron chi connectivity index (χ1n) is 7.07. The van der Waals surface area contributed by atoms with Gasteiger partial charge in [0.05, 0.1) is 32.7 Å². The number of nitrogens with one attached hydrogen (secondary N) is 2. The van der Waals surface area contributed by atoms with Crippen LogP contribution < -0.4 is 20.1 Å². The summed E-state index contributed by atoms with van der Waals surface area (Å²) in [5.41, 5.74) is 0.532. The number of hydrogen-bond acceptors (Lipinski definition) is 6. The zero-order valence-corrected chi connectivity index (χ0v) is 13.3. The molecule has 0 radical (unpaired) electrons. The van der Waals surface area contributed by atoms with Crippen LogP contribution in [0, 0.1) is 11.3 Å². The summed E-state index contributed by atoms with van der Waals surface area (Å²) in [7, 11) is 3.07. The number of ether oxygens (including phenoxy) is 2. The minimum absolute atomic E-state index is 0.0700. The van der Waals surface area contributed by atoms with Crippen molar-refractivity contribution in [3.63, 3.8) is 0 Å². The molecule has 2 N–H and O–H groups in total. The van der Waals surface area contributed by atoms with Crippen LogP contribution in [0.1, 0.15) is 5.76 Å². The van der Waals surface area contributed by atoms with Crippen molar-refractivity contribution in [1.82, 2.24) is 5.32 Å². The third kappa shape index (κ3) is 4.30. The second-order valence-electron chi connectivity index (χ2n) is 4.64. The van der Waals surface area contributed by atoms with Gasteiger partial charge < -0.3 is 24.5 Å². The molecule has 0 atom stereocenters. The van der Waals surface area contributed by atoms with Crippen LogP contribution in [0.15, 0.2) is 52.8 Å². The zero-order valence-electron chi connectivity index (χ0n) is 13.3. The summed E-state index contributed by atoms with van der Waals surface area (Å²) in [6.45, 7) is 0.205. The van der Waals surface area contributed by atoms with Crippen LogP contribution in [0.25, 0.3) is 0 Å². The molecular formula is C17H17N3O4. The summed E-state index contributed by atoms with van der Waals surface area (Å²) in [5.74, 6) is 1.26. The Kier molecular flexibility index (Phi) is 5.86. The van der Waals surface area contributed by atoms with Gasteiger partial charge in [0, 0.05) is 12.3 Å². The molecule has 0 aliphatic rings. The Bertz CT molecular complexity index is 761. The van der Waals surface area contributed by atoms with Gasteiger partial charge in [-0.3, -0.25) is 4.79 Å². The molecule has 7 nitrogen and oxygen atoms in total. The maximum atomic E-state index is 12.0. The lowest BCUT2D eigenvalue weighted by molar-refractivity contribution is -0.117. The topological polar surface area (TPSA) is 96.5 Å². The van der Waals surface area contributed by atoms with Gasteiger partial charge in [0.2, 0.25) is 0 Å². The van der Waals surface area contributed by atoms with Crippen molar-refractivity contribution < 1.29 is 18.7 Å². The molecule has 1 aromatic heterocycles. The van der Waals surface area contributed by atoms with Gasteiger partial charge in [-0.2, -0.15) is 5.26 Å². The van der Waals surface area contributed by atoms with E-state index in [1.165, 1.54) is 19.6 Å². The van der Waals surface area contributed by atoms with Crippen molar-refractivity contribution in [2.45, 2.75) is 6.54 Å². The summed E-state index contributed by atoms with van der Waals surface area (Å²) >= 11 is 0. The summed E-state index contributed by atoms with van der Waals surface area (Å²) < 4.78 is 15.5. The van der Waals surface area contributed by atoms with Crippen molar-refractivity contribution in [2.24, 2.45) is 0 Å². The van der Waals surface area contributed by atoms with Gasteiger partial charge in [-0.1, -0.05) is 0 Å². The Hall–Kier alpha value is -3.40. The maximum absolute atomic E-state index is 12.0. The second-order valence-corrected chi connectivity index (χ2v) is 4.64. The number of nitrogens with zero attached hydrogens (tertiary/aromatic N) is 1. The van der Waals surface area contributed by atoms with E-state index in [9.17, 15) is 4.79 Å². The smallest absolute Gasteiger partial charge is 0.263 e. The first-order chi connectivity index (χ1) is 11.7. The third-order valence-electron chi connectivity index (χ3n) is 3.15. The van der Waals surface area contributed by atoms with Gasteiger partial charge in [-0.15, -0.1) is 0 Å². The predicted molar refractivity (Wildman–Crippen MR) is 87.4 cm³/mol. The van der Waals surface area contributed by atoms with Crippen molar-refractivity contribution in [1.29, 1.82) is 5.26 Å². The highest BCUT2D eigenvalue weighted by atomic mass is 16.5. The standard InChI is InChI=1S/C17H17N3O4/c1-22-13-5-6-15(16(8-13)23-2)19-10-12(9-18)17(21)20-11-14-4-3-7-24-14/h3-8,10,19H,11H2,1-2H3,(H,20,21)/b12-10-. The number of rotatable bonds is 7. The molecule has 1 aromatic carbocycles. The number of nitriles is 1. The van der Waals surface area contributed by atoms with Gasteiger partial charge >= 0.3 is 0 Å². The average molecular weight is 327 g/mol. The normalized spacial score (nSPS) is 10.6. The first-order valence-corrected chi connectivity index (χ1v) is 7.07. The Morgan fingerprint density at radius 2 is 2.17 bits per heavy atom. The fourth-order valence-electron chi connectivity index (χ4n) is 1.89. The molecule has 0 aliphatic carbocycles. The first kappa shape index (κ1) is 17.0. The van der Waals surface area contributed by atoms with E-state index in [4.69, 9.17) is 19.2 Å². The second kappa shape index (κ2) is 8.29. The van der Waals surface area contributed by atoms with Gasteiger partial charge in [-0.05, 0) is 24.3 Å². The molecule has 7 heteroatoms. The Labute approximate surface area is 139 Å². The van der Waals surface area contributed by atoms with Crippen LogP contribution in [0.4, 0.5) is 5.69 Å². The number of furan rings is 1. The molecule has 24 heavy (non-hydrogen) atoms. The van der Waals surface area contributed by atoms with Crippen LogP contribution >= 0.6 is 0 Å². The minimum atomic E-state index is -0.506. The van der Waals surface area contributed by atoms with Crippen molar-refractivity contribution in [3.8, 4) is 17.6 Å². The van der Waals surface area contributed by atoms with E-state index >= 15 is 0 Å². The van der Waals surface area contributed by atoms with Crippen molar-refractivity contribution >= 4 is 11.6 Å².